The third kappa shape index (κ3) is 5.81. The van der Waals surface area contributed by atoms with Gasteiger partial charge in [-0.3, -0.25) is 9.63 Å². The van der Waals surface area contributed by atoms with Crippen molar-refractivity contribution < 1.29 is 14.4 Å². The summed E-state index contributed by atoms with van der Waals surface area (Å²) in [5.41, 5.74) is 3.75. The first-order valence-electron chi connectivity index (χ1n) is 12.4. The van der Waals surface area contributed by atoms with Crippen LogP contribution in [0.3, 0.4) is 0 Å². The number of hydrogen-bond acceptors (Lipinski definition) is 7. The Labute approximate surface area is 231 Å². The fourth-order valence-electron chi connectivity index (χ4n) is 4.25. The van der Waals surface area contributed by atoms with E-state index in [9.17, 15) is 4.79 Å². The zero-order valence-corrected chi connectivity index (χ0v) is 23.1. The number of aryl methyl sites for hydroxylation is 1. The molecule has 2 aromatic heterocycles. The molecule has 2 aliphatic rings. The molecule has 3 heterocycles. The van der Waals surface area contributed by atoms with Crippen molar-refractivity contribution in [2.45, 2.75) is 12.8 Å². The molecule has 1 fully saturated rings. The van der Waals surface area contributed by atoms with Crippen molar-refractivity contribution in [3.05, 3.63) is 63.5 Å². The number of hydroxylamine groups is 1. The fraction of sp³-hybridized carbons (Fsp3) is 0.370. The summed E-state index contributed by atoms with van der Waals surface area (Å²) in [6.45, 7) is 2.04. The zero-order valence-electron chi connectivity index (χ0n) is 21.6. The monoisotopic (exact) mass is 556 g/mol. The smallest absolute Gasteiger partial charge is 0.270 e. The molecule has 11 heteroatoms. The molecule has 0 radical (unpaired) electrons. The van der Waals surface area contributed by atoms with Crippen LogP contribution in [0.2, 0.25) is 10.0 Å². The molecule has 3 aromatic rings. The van der Waals surface area contributed by atoms with Gasteiger partial charge in [-0.15, -0.1) is 0 Å². The van der Waals surface area contributed by atoms with Gasteiger partial charge in [0.15, 0.2) is 5.82 Å². The minimum absolute atomic E-state index is 0.0977. The van der Waals surface area contributed by atoms with Crippen LogP contribution in [0.25, 0.3) is 11.6 Å². The van der Waals surface area contributed by atoms with Gasteiger partial charge in [0.1, 0.15) is 5.69 Å². The number of halogens is 2. The summed E-state index contributed by atoms with van der Waals surface area (Å²) in [5, 5.41) is 6.18. The van der Waals surface area contributed by atoms with E-state index in [0.29, 0.717) is 65.4 Å². The lowest BCUT2D eigenvalue weighted by molar-refractivity contribution is 0.0735. The molecule has 0 bridgehead atoms. The van der Waals surface area contributed by atoms with Gasteiger partial charge in [0.05, 0.1) is 25.4 Å². The number of rotatable bonds is 10. The third-order valence-corrected chi connectivity index (χ3v) is 7.21. The van der Waals surface area contributed by atoms with Crippen LogP contribution >= 0.6 is 23.2 Å². The van der Waals surface area contributed by atoms with Crippen LogP contribution in [-0.2, 0) is 16.6 Å². The highest BCUT2D eigenvalue weighted by Crippen LogP contribution is 2.39. The van der Waals surface area contributed by atoms with Crippen LogP contribution in [0.5, 0.6) is 0 Å². The normalized spacial score (nSPS) is 14.8. The first-order valence-corrected chi connectivity index (χ1v) is 13.2. The Kier molecular flexibility index (Phi) is 7.90. The van der Waals surface area contributed by atoms with Crippen molar-refractivity contribution in [3.8, 4) is 0 Å². The molecule has 1 aliphatic carbocycles. The molecule has 0 unspecified atom stereocenters. The molecule has 0 spiro atoms. The molecule has 1 saturated carbocycles. The Morgan fingerprint density at radius 1 is 1.26 bits per heavy atom. The summed E-state index contributed by atoms with van der Waals surface area (Å²) in [6, 6.07) is 7.26. The summed E-state index contributed by atoms with van der Waals surface area (Å²) >= 11 is 13.0. The van der Waals surface area contributed by atoms with E-state index in [1.165, 1.54) is 12.8 Å². The summed E-state index contributed by atoms with van der Waals surface area (Å²) in [5.74, 6) is 1.52. The third-order valence-electron chi connectivity index (χ3n) is 6.58. The molecular formula is C27H30Cl2N6O3. The topological polar surface area (TPSA) is 84.8 Å². The maximum absolute atomic E-state index is 12.8. The van der Waals surface area contributed by atoms with Crippen molar-refractivity contribution in [3.63, 3.8) is 0 Å². The summed E-state index contributed by atoms with van der Waals surface area (Å²) in [7, 11) is 5.19. The number of fused-ring (bicyclic) bond motifs is 1. The molecule has 1 N–H and O–H groups in total. The van der Waals surface area contributed by atoms with Gasteiger partial charge in [-0.2, -0.15) is 4.98 Å². The Balaban J connectivity index is 1.41. The Hall–Kier alpha value is -3.11. The van der Waals surface area contributed by atoms with Crippen LogP contribution in [-0.4, -0.2) is 65.8 Å². The van der Waals surface area contributed by atoms with E-state index in [0.717, 1.165) is 16.7 Å². The van der Waals surface area contributed by atoms with Gasteiger partial charge < -0.3 is 19.5 Å². The number of benzene rings is 1. The number of hydrogen-bond donors (Lipinski definition) is 1. The highest BCUT2D eigenvalue weighted by Gasteiger charge is 2.28. The van der Waals surface area contributed by atoms with Crippen LogP contribution in [0.4, 0.5) is 17.5 Å². The number of carbonyl (C=O) groups excluding carboxylic acids is 1. The number of anilines is 3. The quantitative estimate of drug-likeness (QED) is 0.363. The predicted molar refractivity (Wildman–Crippen MR) is 150 cm³/mol. The van der Waals surface area contributed by atoms with Crippen molar-refractivity contribution in [1.82, 2.24) is 19.4 Å². The first kappa shape index (κ1) is 26.5. The lowest BCUT2D eigenvalue weighted by Gasteiger charge is -2.30. The molecule has 0 atom stereocenters. The summed E-state index contributed by atoms with van der Waals surface area (Å²) < 4.78 is 6.86. The number of nitrogens with zero attached hydrogens (tertiary/aromatic N) is 5. The van der Waals surface area contributed by atoms with Crippen molar-refractivity contribution >= 4 is 58.2 Å². The van der Waals surface area contributed by atoms with Gasteiger partial charge in [0.25, 0.3) is 5.91 Å². The molecule has 1 amide bonds. The van der Waals surface area contributed by atoms with Crippen molar-refractivity contribution in [2.24, 2.45) is 13.0 Å². The average Bonchev–Trinajstić information content (AvgIpc) is 3.66. The van der Waals surface area contributed by atoms with Gasteiger partial charge in [-0.25, -0.2) is 10.0 Å². The van der Waals surface area contributed by atoms with Crippen LogP contribution in [0, 0.1) is 5.92 Å². The average molecular weight is 557 g/mol. The second-order valence-corrected chi connectivity index (χ2v) is 10.4. The summed E-state index contributed by atoms with van der Waals surface area (Å²) in [4.78, 5) is 30.0. The van der Waals surface area contributed by atoms with Crippen molar-refractivity contribution in [1.29, 1.82) is 0 Å². The molecule has 1 aliphatic heterocycles. The molecule has 38 heavy (non-hydrogen) atoms. The van der Waals surface area contributed by atoms with Gasteiger partial charge >= 0.3 is 0 Å². The van der Waals surface area contributed by atoms with Gasteiger partial charge in [0, 0.05) is 61.3 Å². The second-order valence-electron chi connectivity index (χ2n) is 9.58. The molecular weight excluding hydrogens is 527 g/mol. The number of carbonyl (C=O) groups is 1. The maximum Gasteiger partial charge on any atom is 0.270 e. The molecule has 200 valence electrons. The van der Waals surface area contributed by atoms with Gasteiger partial charge in [-0.05, 0) is 48.6 Å². The maximum atomic E-state index is 12.8. The number of methoxy groups -OCH3 is 1. The van der Waals surface area contributed by atoms with Crippen LogP contribution < -0.4 is 10.4 Å². The zero-order chi connectivity index (χ0) is 26.8. The molecule has 5 rings (SSSR count). The number of likely N-dealkylation sites (N-methyl/N-ethyl adjacent to an activating group) is 1. The van der Waals surface area contributed by atoms with Crippen LogP contribution in [0.15, 0.2) is 36.7 Å². The highest BCUT2D eigenvalue weighted by atomic mass is 35.5. The Morgan fingerprint density at radius 3 is 2.74 bits per heavy atom. The fourth-order valence-corrected chi connectivity index (χ4v) is 4.89. The minimum atomic E-state index is -0.0977. The van der Waals surface area contributed by atoms with Gasteiger partial charge in [-0.1, -0.05) is 29.3 Å². The van der Waals surface area contributed by atoms with E-state index in [1.807, 2.05) is 37.5 Å². The Morgan fingerprint density at radius 2 is 2.03 bits per heavy atom. The Bertz CT molecular complexity index is 1350. The summed E-state index contributed by atoms with van der Waals surface area (Å²) in [6.07, 6.45) is 7.92. The lowest BCUT2D eigenvalue weighted by atomic mass is 10.0. The highest BCUT2D eigenvalue weighted by molar-refractivity contribution is 6.38. The first-order chi connectivity index (χ1) is 18.3. The SMILES string of the molecule is COCCN(C)C(=O)c1cc(Nc2ncc3c(n2)N(OCC2CC2)CC(c2c(Cl)cccc2Cl)=C3)cn1C. The minimum Gasteiger partial charge on any atom is -0.383 e. The van der Waals surface area contributed by atoms with Crippen molar-refractivity contribution in [2.75, 3.05) is 50.8 Å². The van der Waals surface area contributed by atoms with E-state index in [1.54, 1.807) is 41.0 Å². The number of ether oxygens (including phenoxy) is 1. The largest absolute Gasteiger partial charge is 0.383 e. The van der Waals surface area contributed by atoms with E-state index in [4.69, 9.17) is 37.8 Å². The second kappa shape index (κ2) is 11.3. The molecule has 0 saturated heterocycles. The van der Waals surface area contributed by atoms with E-state index in [-0.39, 0.29) is 5.91 Å². The van der Waals surface area contributed by atoms with E-state index < -0.39 is 0 Å². The lowest BCUT2D eigenvalue weighted by Crippen LogP contribution is -2.31. The standard InChI is InChI=1S/C27H30Cl2N6O3/c1-33(9-10-37-3)26(36)23-12-20(15-34(23)2)31-27-30-13-18-11-19(24-21(28)5-4-6-22(24)29)14-35(25(18)32-27)38-16-17-7-8-17/h4-6,11-13,15,17H,7-10,14,16H2,1-3H3,(H,30,31,32). The van der Waals surface area contributed by atoms with Crippen LogP contribution in [0.1, 0.15) is 34.5 Å². The molecule has 1 aromatic carbocycles. The number of amides is 1. The predicted octanol–water partition coefficient (Wildman–Crippen LogP) is 5.29. The number of nitrogens with one attached hydrogen (secondary N) is 1. The molecule has 9 nitrogen and oxygen atoms in total. The number of aromatic nitrogens is 3. The van der Waals surface area contributed by atoms with E-state index in [2.05, 4.69) is 10.3 Å². The van der Waals surface area contributed by atoms with E-state index >= 15 is 0 Å². The van der Waals surface area contributed by atoms with Gasteiger partial charge in [0.2, 0.25) is 5.95 Å².